The number of rotatable bonds is 5. The Kier molecular flexibility index (Phi) is 5.86. The van der Waals surface area contributed by atoms with Crippen LogP contribution < -0.4 is 5.32 Å². The van der Waals surface area contributed by atoms with Crippen LogP contribution in [0.3, 0.4) is 0 Å². The monoisotopic (exact) mass is 259 g/mol. The molecule has 2 nitrogen and oxygen atoms in total. The maximum Gasteiger partial charge on any atom is 0.411 e. The maximum absolute atomic E-state index is 11.7. The van der Waals surface area contributed by atoms with Crippen LogP contribution in [0.5, 0.6) is 0 Å². The van der Waals surface area contributed by atoms with Crippen molar-refractivity contribution in [3.05, 3.63) is 0 Å². The van der Waals surface area contributed by atoms with Gasteiger partial charge in [-0.15, -0.1) is 11.6 Å². The molecule has 2 unspecified atom stereocenters. The van der Waals surface area contributed by atoms with E-state index in [9.17, 15) is 13.2 Å². The second-order valence-electron chi connectivity index (χ2n) is 4.03. The molecule has 0 aromatic rings. The summed E-state index contributed by atoms with van der Waals surface area (Å²) in [6, 6.07) is 0.213. The normalized spacial score (nSPS) is 27.0. The number of nitrogens with one attached hydrogen (secondary N) is 1. The molecule has 1 aliphatic carbocycles. The molecule has 1 fully saturated rings. The molecule has 0 spiro atoms. The first kappa shape index (κ1) is 14.1. The van der Waals surface area contributed by atoms with Crippen LogP contribution in [0.25, 0.3) is 0 Å². The second-order valence-corrected chi connectivity index (χ2v) is 4.59. The standard InChI is InChI=1S/C10H17ClF3NO/c11-8-3-1-2-4-9(8)15-5-6-16-7-10(12,13)14/h8-9,15H,1-7H2. The molecule has 2 atom stereocenters. The summed E-state index contributed by atoms with van der Waals surface area (Å²) in [6.07, 6.45) is -0.00284. The van der Waals surface area contributed by atoms with E-state index in [0.29, 0.717) is 6.54 Å². The Morgan fingerprint density at radius 1 is 1.25 bits per heavy atom. The molecule has 0 aromatic carbocycles. The van der Waals surface area contributed by atoms with E-state index >= 15 is 0 Å². The van der Waals surface area contributed by atoms with E-state index in [1.165, 1.54) is 0 Å². The molecule has 0 saturated heterocycles. The van der Waals surface area contributed by atoms with Crippen LogP contribution in [0.2, 0.25) is 0 Å². The van der Waals surface area contributed by atoms with Gasteiger partial charge in [-0.05, 0) is 12.8 Å². The summed E-state index contributed by atoms with van der Waals surface area (Å²) in [4.78, 5) is 0. The van der Waals surface area contributed by atoms with Crippen molar-refractivity contribution in [1.82, 2.24) is 5.32 Å². The quantitative estimate of drug-likeness (QED) is 0.606. The molecular weight excluding hydrogens is 243 g/mol. The predicted molar refractivity (Wildman–Crippen MR) is 56.8 cm³/mol. The lowest BCUT2D eigenvalue weighted by atomic mass is 9.95. The van der Waals surface area contributed by atoms with Crippen LogP contribution in [0.15, 0.2) is 0 Å². The summed E-state index contributed by atoms with van der Waals surface area (Å²) < 4.78 is 39.7. The molecule has 0 bridgehead atoms. The second kappa shape index (κ2) is 6.67. The molecule has 0 heterocycles. The highest BCUT2D eigenvalue weighted by Crippen LogP contribution is 2.22. The summed E-state index contributed by atoms with van der Waals surface area (Å²) in [5, 5.41) is 3.23. The fraction of sp³-hybridized carbons (Fsp3) is 1.00. The first-order valence-electron chi connectivity index (χ1n) is 5.51. The van der Waals surface area contributed by atoms with Crippen LogP contribution in [0.4, 0.5) is 13.2 Å². The highest BCUT2D eigenvalue weighted by molar-refractivity contribution is 6.21. The number of alkyl halides is 4. The van der Waals surface area contributed by atoms with Crippen molar-refractivity contribution in [3.8, 4) is 0 Å². The van der Waals surface area contributed by atoms with Gasteiger partial charge in [0.05, 0.1) is 6.61 Å². The summed E-state index contributed by atoms with van der Waals surface area (Å²) in [7, 11) is 0. The largest absolute Gasteiger partial charge is 0.411 e. The zero-order valence-corrected chi connectivity index (χ0v) is 9.78. The van der Waals surface area contributed by atoms with E-state index in [2.05, 4.69) is 10.1 Å². The van der Waals surface area contributed by atoms with Crippen molar-refractivity contribution in [2.75, 3.05) is 19.8 Å². The molecule has 16 heavy (non-hydrogen) atoms. The van der Waals surface area contributed by atoms with Gasteiger partial charge in [0.25, 0.3) is 0 Å². The van der Waals surface area contributed by atoms with Gasteiger partial charge >= 0.3 is 6.18 Å². The Balaban J connectivity index is 2.02. The molecule has 0 aliphatic heterocycles. The molecule has 1 aliphatic rings. The lowest BCUT2D eigenvalue weighted by Crippen LogP contribution is -2.41. The van der Waals surface area contributed by atoms with Crippen molar-refractivity contribution < 1.29 is 17.9 Å². The molecule has 1 N–H and O–H groups in total. The third-order valence-corrected chi connectivity index (χ3v) is 3.12. The van der Waals surface area contributed by atoms with Gasteiger partial charge in [-0.1, -0.05) is 12.8 Å². The van der Waals surface area contributed by atoms with Crippen molar-refractivity contribution in [2.24, 2.45) is 0 Å². The van der Waals surface area contributed by atoms with Crippen LogP contribution >= 0.6 is 11.6 Å². The minimum absolute atomic E-state index is 0.0691. The van der Waals surface area contributed by atoms with Crippen molar-refractivity contribution in [1.29, 1.82) is 0 Å². The first-order valence-corrected chi connectivity index (χ1v) is 5.94. The highest BCUT2D eigenvalue weighted by atomic mass is 35.5. The molecular formula is C10H17ClF3NO. The van der Waals surface area contributed by atoms with E-state index in [1.807, 2.05) is 0 Å². The Morgan fingerprint density at radius 2 is 1.94 bits per heavy atom. The number of ether oxygens (including phenoxy) is 1. The summed E-state index contributed by atoms with van der Waals surface area (Å²) in [5.74, 6) is 0. The number of hydrogen-bond donors (Lipinski definition) is 1. The summed E-state index contributed by atoms with van der Waals surface area (Å²) >= 11 is 6.08. The van der Waals surface area contributed by atoms with Gasteiger partial charge in [-0.25, -0.2) is 0 Å². The van der Waals surface area contributed by atoms with Gasteiger partial charge in [-0.2, -0.15) is 13.2 Å². The Labute approximate surface area is 98.5 Å². The van der Waals surface area contributed by atoms with Gasteiger partial charge in [0.15, 0.2) is 0 Å². The van der Waals surface area contributed by atoms with Crippen LogP contribution in [0.1, 0.15) is 25.7 Å². The molecule has 96 valence electrons. The van der Waals surface area contributed by atoms with Gasteiger partial charge in [0, 0.05) is 18.0 Å². The Morgan fingerprint density at radius 3 is 2.56 bits per heavy atom. The molecule has 1 saturated carbocycles. The Hall–Kier alpha value is 0. The fourth-order valence-electron chi connectivity index (χ4n) is 1.82. The Bertz CT molecular complexity index is 201. The van der Waals surface area contributed by atoms with Crippen LogP contribution in [-0.4, -0.2) is 37.4 Å². The molecule has 0 amide bonds. The molecule has 1 rings (SSSR count). The van der Waals surface area contributed by atoms with E-state index < -0.39 is 12.8 Å². The zero-order valence-electron chi connectivity index (χ0n) is 9.02. The van der Waals surface area contributed by atoms with Gasteiger partial charge < -0.3 is 10.1 Å². The predicted octanol–water partition coefficient (Wildman–Crippen LogP) is 2.70. The van der Waals surface area contributed by atoms with Crippen LogP contribution in [-0.2, 0) is 4.74 Å². The van der Waals surface area contributed by atoms with Crippen molar-refractivity contribution >= 4 is 11.6 Å². The van der Waals surface area contributed by atoms with E-state index in [0.717, 1.165) is 25.7 Å². The van der Waals surface area contributed by atoms with E-state index in [1.54, 1.807) is 0 Å². The molecule has 0 aromatic heterocycles. The minimum Gasteiger partial charge on any atom is -0.371 e. The topological polar surface area (TPSA) is 21.3 Å². The highest BCUT2D eigenvalue weighted by Gasteiger charge is 2.27. The van der Waals surface area contributed by atoms with E-state index in [4.69, 9.17) is 11.6 Å². The van der Waals surface area contributed by atoms with Gasteiger partial charge in [0.2, 0.25) is 0 Å². The molecule has 6 heteroatoms. The first-order chi connectivity index (χ1) is 7.49. The average molecular weight is 260 g/mol. The smallest absolute Gasteiger partial charge is 0.371 e. The minimum atomic E-state index is -4.24. The number of hydrogen-bond acceptors (Lipinski definition) is 2. The third kappa shape index (κ3) is 5.92. The SMILES string of the molecule is FC(F)(F)COCCNC1CCCCC1Cl. The van der Waals surface area contributed by atoms with Crippen molar-refractivity contribution in [2.45, 2.75) is 43.3 Å². The zero-order chi connectivity index (χ0) is 12.0. The average Bonchev–Trinajstić information content (AvgIpc) is 2.18. The lowest BCUT2D eigenvalue weighted by Gasteiger charge is -2.27. The summed E-state index contributed by atoms with van der Waals surface area (Å²) in [6.45, 7) is -0.687. The van der Waals surface area contributed by atoms with Gasteiger partial charge in [-0.3, -0.25) is 0 Å². The maximum atomic E-state index is 11.7. The van der Waals surface area contributed by atoms with E-state index in [-0.39, 0.29) is 18.0 Å². The summed E-state index contributed by atoms with van der Waals surface area (Å²) in [5.41, 5.74) is 0. The number of halogens is 4. The van der Waals surface area contributed by atoms with Crippen molar-refractivity contribution in [3.63, 3.8) is 0 Å². The van der Waals surface area contributed by atoms with Gasteiger partial charge in [0.1, 0.15) is 6.61 Å². The molecule has 0 radical (unpaired) electrons. The fourth-order valence-corrected chi connectivity index (χ4v) is 2.19. The van der Waals surface area contributed by atoms with Crippen LogP contribution in [0, 0.1) is 0 Å². The lowest BCUT2D eigenvalue weighted by molar-refractivity contribution is -0.173. The third-order valence-electron chi connectivity index (χ3n) is 2.60.